The fourth-order valence-corrected chi connectivity index (χ4v) is 3.19. The highest BCUT2D eigenvalue weighted by Gasteiger charge is 2.22. The van der Waals surface area contributed by atoms with E-state index in [4.69, 9.17) is 4.74 Å². The fourth-order valence-electron chi connectivity index (χ4n) is 3.19. The van der Waals surface area contributed by atoms with Crippen molar-refractivity contribution in [2.45, 2.75) is 33.6 Å². The number of amides is 2. The minimum absolute atomic E-state index is 0.00411. The van der Waals surface area contributed by atoms with E-state index >= 15 is 0 Å². The van der Waals surface area contributed by atoms with Gasteiger partial charge < -0.3 is 19.9 Å². The largest absolute Gasteiger partial charge is 0.378 e. The van der Waals surface area contributed by atoms with Crippen LogP contribution in [-0.4, -0.2) is 56.1 Å². The summed E-state index contributed by atoms with van der Waals surface area (Å²) in [5.74, 6) is -0.101. The van der Waals surface area contributed by atoms with Crippen molar-refractivity contribution in [2.24, 2.45) is 5.92 Å². The van der Waals surface area contributed by atoms with Crippen LogP contribution in [0.25, 0.3) is 0 Å². The van der Waals surface area contributed by atoms with E-state index in [1.165, 1.54) is 0 Å². The molecule has 0 radical (unpaired) electrons. The molecule has 0 aliphatic carbocycles. The van der Waals surface area contributed by atoms with Gasteiger partial charge in [0, 0.05) is 36.9 Å². The lowest BCUT2D eigenvalue weighted by Crippen LogP contribution is -2.41. The standard InChI is InChI=1S/C20H31N3O3/c1-4-16(5-2)20(25)22(6-3)15-19(24)21-17-7-9-18(10-8-17)23-11-13-26-14-12-23/h7-10,16H,4-6,11-15H2,1-3H3,(H,21,24). The average Bonchev–Trinajstić information content (AvgIpc) is 2.68. The van der Waals surface area contributed by atoms with Crippen LogP contribution >= 0.6 is 0 Å². The van der Waals surface area contributed by atoms with E-state index in [1.54, 1.807) is 4.90 Å². The number of hydrogen-bond acceptors (Lipinski definition) is 4. The Morgan fingerprint density at radius 3 is 2.27 bits per heavy atom. The van der Waals surface area contributed by atoms with Crippen LogP contribution < -0.4 is 10.2 Å². The summed E-state index contributed by atoms with van der Waals surface area (Å²) in [6.45, 7) is 9.82. The van der Waals surface area contributed by atoms with E-state index in [0.717, 1.165) is 50.5 Å². The molecule has 0 aromatic heterocycles. The lowest BCUT2D eigenvalue weighted by atomic mass is 10.0. The topological polar surface area (TPSA) is 61.9 Å². The van der Waals surface area contributed by atoms with Crippen molar-refractivity contribution < 1.29 is 14.3 Å². The van der Waals surface area contributed by atoms with Crippen molar-refractivity contribution in [1.82, 2.24) is 4.90 Å². The Kier molecular flexibility index (Phi) is 7.91. The molecule has 1 heterocycles. The van der Waals surface area contributed by atoms with Gasteiger partial charge in [-0.25, -0.2) is 0 Å². The SMILES string of the molecule is CCC(CC)C(=O)N(CC)CC(=O)Nc1ccc(N2CCOCC2)cc1. The lowest BCUT2D eigenvalue weighted by molar-refractivity contribution is -0.138. The first kappa shape index (κ1) is 20.2. The van der Waals surface area contributed by atoms with Gasteiger partial charge in [-0.3, -0.25) is 9.59 Å². The Hall–Kier alpha value is -2.08. The Labute approximate surface area is 156 Å². The Morgan fingerprint density at radius 1 is 1.12 bits per heavy atom. The van der Waals surface area contributed by atoms with Crippen LogP contribution in [0, 0.1) is 5.92 Å². The number of nitrogens with zero attached hydrogens (tertiary/aromatic N) is 2. The Balaban J connectivity index is 1.90. The highest BCUT2D eigenvalue weighted by Crippen LogP contribution is 2.19. The molecule has 1 aliphatic heterocycles. The monoisotopic (exact) mass is 361 g/mol. The number of rotatable bonds is 8. The number of morpholine rings is 1. The quantitative estimate of drug-likeness (QED) is 0.773. The molecule has 0 saturated carbocycles. The third-order valence-corrected chi connectivity index (χ3v) is 4.89. The number of carbonyl (C=O) groups is 2. The van der Waals surface area contributed by atoms with Crippen LogP contribution in [-0.2, 0) is 14.3 Å². The van der Waals surface area contributed by atoms with Gasteiger partial charge in [0.05, 0.1) is 19.8 Å². The molecule has 1 N–H and O–H groups in total. The van der Waals surface area contributed by atoms with Crippen LogP contribution in [0.5, 0.6) is 0 Å². The van der Waals surface area contributed by atoms with Gasteiger partial charge in [0.1, 0.15) is 0 Å². The molecule has 0 unspecified atom stereocenters. The molecule has 1 aromatic rings. The molecular formula is C20H31N3O3. The summed E-state index contributed by atoms with van der Waals surface area (Å²) in [7, 11) is 0. The zero-order valence-corrected chi connectivity index (χ0v) is 16.2. The molecule has 0 bridgehead atoms. The maximum atomic E-state index is 12.5. The first-order valence-electron chi connectivity index (χ1n) is 9.60. The minimum Gasteiger partial charge on any atom is -0.378 e. The minimum atomic E-state index is -0.162. The molecular weight excluding hydrogens is 330 g/mol. The Morgan fingerprint density at radius 2 is 1.73 bits per heavy atom. The second kappa shape index (κ2) is 10.2. The van der Waals surface area contributed by atoms with E-state index in [2.05, 4.69) is 10.2 Å². The zero-order valence-electron chi connectivity index (χ0n) is 16.2. The van der Waals surface area contributed by atoms with Crippen molar-refractivity contribution in [3.8, 4) is 0 Å². The van der Waals surface area contributed by atoms with Crippen molar-refractivity contribution in [3.63, 3.8) is 0 Å². The van der Waals surface area contributed by atoms with Gasteiger partial charge in [0.2, 0.25) is 11.8 Å². The van der Waals surface area contributed by atoms with Gasteiger partial charge in [0.15, 0.2) is 0 Å². The molecule has 0 spiro atoms. The summed E-state index contributed by atoms with van der Waals surface area (Å²) in [4.78, 5) is 28.7. The first-order chi connectivity index (χ1) is 12.6. The van der Waals surface area contributed by atoms with Crippen molar-refractivity contribution in [1.29, 1.82) is 0 Å². The number of ether oxygens (including phenoxy) is 1. The first-order valence-corrected chi connectivity index (χ1v) is 9.60. The van der Waals surface area contributed by atoms with E-state index in [-0.39, 0.29) is 24.3 Å². The van der Waals surface area contributed by atoms with E-state index in [1.807, 2.05) is 45.0 Å². The van der Waals surface area contributed by atoms with E-state index in [0.29, 0.717) is 6.54 Å². The summed E-state index contributed by atoms with van der Waals surface area (Å²) in [6.07, 6.45) is 1.60. The number of hydrogen-bond donors (Lipinski definition) is 1. The van der Waals surface area contributed by atoms with Crippen LogP contribution in [0.3, 0.4) is 0 Å². The normalized spacial score (nSPS) is 14.4. The lowest BCUT2D eigenvalue weighted by Gasteiger charge is -2.29. The smallest absolute Gasteiger partial charge is 0.243 e. The van der Waals surface area contributed by atoms with Crippen LogP contribution in [0.15, 0.2) is 24.3 Å². The summed E-state index contributed by atoms with van der Waals surface area (Å²) < 4.78 is 5.37. The van der Waals surface area contributed by atoms with Gasteiger partial charge in [-0.05, 0) is 44.0 Å². The average molecular weight is 361 g/mol. The van der Waals surface area contributed by atoms with Crippen LogP contribution in [0.4, 0.5) is 11.4 Å². The molecule has 26 heavy (non-hydrogen) atoms. The second-order valence-electron chi connectivity index (χ2n) is 6.56. The highest BCUT2D eigenvalue weighted by atomic mass is 16.5. The van der Waals surface area contributed by atoms with Gasteiger partial charge in [-0.2, -0.15) is 0 Å². The summed E-state index contributed by atoms with van der Waals surface area (Å²) in [6, 6.07) is 7.82. The highest BCUT2D eigenvalue weighted by molar-refractivity contribution is 5.95. The molecule has 2 rings (SSSR count). The van der Waals surface area contributed by atoms with Crippen molar-refractivity contribution in [3.05, 3.63) is 24.3 Å². The molecule has 0 atom stereocenters. The molecule has 1 aliphatic rings. The molecule has 6 nitrogen and oxygen atoms in total. The van der Waals surface area contributed by atoms with Crippen molar-refractivity contribution >= 4 is 23.2 Å². The zero-order chi connectivity index (χ0) is 18.9. The number of carbonyl (C=O) groups excluding carboxylic acids is 2. The van der Waals surface area contributed by atoms with Crippen molar-refractivity contribution in [2.75, 3.05) is 49.6 Å². The predicted molar refractivity (Wildman–Crippen MR) is 104 cm³/mol. The summed E-state index contributed by atoms with van der Waals surface area (Å²) in [5.41, 5.74) is 1.88. The second-order valence-corrected chi connectivity index (χ2v) is 6.56. The number of benzene rings is 1. The van der Waals surface area contributed by atoms with Gasteiger partial charge in [-0.1, -0.05) is 13.8 Å². The molecule has 1 fully saturated rings. The third-order valence-electron chi connectivity index (χ3n) is 4.89. The molecule has 1 saturated heterocycles. The fraction of sp³-hybridized carbons (Fsp3) is 0.600. The van der Waals surface area contributed by atoms with E-state index < -0.39 is 0 Å². The molecule has 6 heteroatoms. The van der Waals surface area contributed by atoms with Crippen LogP contribution in [0.1, 0.15) is 33.6 Å². The molecule has 144 valence electrons. The summed E-state index contributed by atoms with van der Waals surface area (Å²) in [5, 5.41) is 2.89. The van der Waals surface area contributed by atoms with Gasteiger partial charge in [0.25, 0.3) is 0 Å². The number of anilines is 2. The third kappa shape index (κ3) is 5.46. The maximum absolute atomic E-state index is 12.5. The van der Waals surface area contributed by atoms with Gasteiger partial charge in [-0.15, -0.1) is 0 Å². The van der Waals surface area contributed by atoms with Gasteiger partial charge >= 0.3 is 0 Å². The van der Waals surface area contributed by atoms with E-state index in [9.17, 15) is 9.59 Å². The number of likely N-dealkylation sites (N-methyl/N-ethyl adjacent to an activating group) is 1. The van der Waals surface area contributed by atoms with Crippen LogP contribution in [0.2, 0.25) is 0 Å². The predicted octanol–water partition coefficient (Wildman–Crippen LogP) is 2.75. The summed E-state index contributed by atoms with van der Waals surface area (Å²) >= 11 is 0. The molecule has 1 aromatic carbocycles. The molecule has 2 amide bonds. The number of nitrogens with one attached hydrogen (secondary N) is 1. The Bertz CT molecular complexity index is 578. The maximum Gasteiger partial charge on any atom is 0.243 e.